The van der Waals surface area contributed by atoms with E-state index in [1.807, 2.05) is 0 Å². The van der Waals surface area contributed by atoms with Crippen LogP contribution in [0.1, 0.15) is 6.42 Å². The van der Waals surface area contributed by atoms with E-state index in [1.54, 1.807) is 0 Å². The number of likely N-dealkylation sites (tertiary alicyclic amines) is 1. The molecule has 15 heavy (non-hydrogen) atoms. The van der Waals surface area contributed by atoms with Crippen molar-refractivity contribution in [1.29, 1.82) is 0 Å². The van der Waals surface area contributed by atoms with Crippen LogP contribution in [0.4, 0.5) is 0 Å². The zero-order valence-corrected chi connectivity index (χ0v) is 9.05. The lowest BCUT2D eigenvalue weighted by Gasteiger charge is -2.21. The molecule has 0 bridgehead atoms. The highest BCUT2D eigenvalue weighted by atomic mass is 31.2. The molecule has 0 aromatic rings. The quantitative estimate of drug-likeness (QED) is 0.443. The van der Waals surface area contributed by atoms with E-state index in [0.717, 1.165) is 0 Å². The summed E-state index contributed by atoms with van der Waals surface area (Å²) in [6.07, 6.45) is 1.25. The van der Waals surface area contributed by atoms with Crippen molar-refractivity contribution in [3.63, 3.8) is 0 Å². The van der Waals surface area contributed by atoms with E-state index in [9.17, 15) is 9.90 Å². The van der Waals surface area contributed by atoms with Crippen molar-refractivity contribution >= 4 is 22.1 Å². The fraction of sp³-hybridized carbons (Fsp3) is 0.625. The Labute approximate surface area is 90.7 Å². The summed E-state index contributed by atoms with van der Waals surface area (Å²) < 4.78 is 0. The number of nitrogens with zero attached hydrogens (tertiary/aromatic N) is 1. The van der Waals surface area contributed by atoms with E-state index in [2.05, 4.69) is 0 Å². The maximum absolute atomic E-state index is 11.4. The standard InChI is InChI=1S/C8H13BNO4P/c9-4-8(12)10-5-7(11)3-6(10)1-2-15(13)14/h1-2,6-7,11,13-14H,3-5H2/b2-1+. The maximum Gasteiger partial charge on any atom is 0.214 e. The van der Waals surface area contributed by atoms with Gasteiger partial charge in [-0.1, -0.05) is 6.08 Å². The number of hydrogen-bond donors (Lipinski definition) is 3. The van der Waals surface area contributed by atoms with Gasteiger partial charge in [0.2, 0.25) is 5.91 Å². The Hall–Kier alpha value is -0.415. The van der Waals surface area contributed by atoms with Crippen molar-refractivity contribution in [1.82, 2.24) is 4.90 Å². The molecule has 1 fully saturated rings. The van der Waals surface area contributed by atoms with Crippen molar-refractivity contribution in [2.45, 2.75) is 24.9 Å². The van der Waals surface area contributed by atoms with Gasteiger partial charge in [-0.3, -0.25) is 4.79 Å². The van der Waals surface area contributed by atoms with Gasteiger partial charge in [0.05, 0.1) is 20.0 Å². The van der Waals surface area contributed by atoms with Crippen molar-refractivity contribution < 1.29 is 19.7 Å². The molecule has 1 aliphatic heterocycles. The number of β-amino-alcohol motifs (C(OH)–C–C–N with tert-alkyl or cyclic N) is 1. The Kier molecular flexibility index (Phi) is 4.73. The van der Waals surface area contributed by atoms with Gasteiger partial charge in [0.1, 0.15) is 0 Å². The molecule has 1 aliphatic rings. The maximum atomic E-state index is 11.4. The van der Waals surface area contributed by atoms with Gasteiger partial charge in [0.25, 0.3) is 0 Å². The number of amides is 1. The average molecular weight is 229 g/mol. The number of hydrogen-bond acceptors (Lipinski definition) is 4. The third-order valence-corrected chi connectivity index (χ3v) is 2.70. The molecule has 0 saturated carbocycles. The van der Waals surface area contributed by atoms with Crippen LogP contribution in [0, 0.1) is 0 Å². The van der Waals surface area contributed by atoms with Gasteiger partial charge in [0, 0.05) is 6.54 Å². The summed E-state index contributed by atoms with van der Waals surface area (Å²) in [6, 6.07) is -0.291. The molecular formula is C8H13BNO4P. The zero-order valence-electron chi connectivity index (χ0n) is 8.15. The summed E-state index contributed by atoms with van der Waals surface area (Å²) >= 11 is 0. The van der Waals surface area contributed by atoms with Crippen molar-refractivity contribution in [2.75, 3.05) is 6.54 Å². The minimum absolute atomic E-state index is 0.107. The molecule has 0 aliphatic carbocycles. The molecule has 0 aromatic heterocycles. The van der Waals surface area contributed by atoms with Crippen LogP contribution < -0.4 is 0 Å². The molecule has 2 atom stereocenters. The molecule has 5 nitrogen and oxygen atoms in total. The number of carbonyl (C=O) groups is 1. The second-order valence-electron chi connectivity index (χ2n) is 3.37. The lowest BCUT2D eigenvalue weighted by molar-refractivity contribution is -0.129. The van der Waals surface area contributed by atoms with E-state index in [-0.39, 0.29) is 24.8 Å². The fourth-order valence-electron chi connectivity index (χ4n) is 1.61. The smallest absolute Gasteiger partial charge is 0.214 e. The van der Waals surface area contributed by atoms with E-state index in [0.29, 0.717) is 6.42 Å². The summed E-state index contributed by atoms with van der Waals surface area (Å²) in [4.78, 5) is 30.2. The summed E-state index contributed by atoms with van der Waals surface area (Å²) in [6.45, 7) is 0.250. The van der Waals surface area contributed by atoms with Gasteiger partial charge >= 0.3 is 0 Å². The predicted octanol–water partition coefficient (Wildman–Crippen LogP) is -0.655. The van der Waals surface area contributed by atoms with E-state index < -0.39 is 14.5 Å². The van der Waals surface area contributed by atoms with Crippen LogP contribution in [0.3, 0.4) is 0 Å². The lowest BCUT2D eigenvalue weighted by atomic mass is 10.0. The molecule has 0 aromatic carbocycles. The van der Waals surface area contributed by atoms with Gasteiger partial charge in [0.15, 0.2) is 8.38 Å². The highest BCUT2D eigenvalue weighted by molar-refractivity contribution is 7.48. The molecule has 82 valence electrons. The largest absolute Gasteiger partial charge is 0.391 e. The van der Waals surface area contributed by atoms with Crippen LogP contribution >= 0.6 is 8.38 Å². The first-order valence-corrected chi connectivity index (χ1v) is 5.89. The van der Waals surface area contributed by atoms with Gasteiger partial charge in [-0.25, -0.2) is 0 Å². The number of aliphatic hydroxyl groups is 1. The minimum atomic E-state index is -2.10. The molecule has 1 heterocycles. The molecular weight excluding hydrogens is 216 g/mol. The molecule has 7 heteroatoms. The first kappa shape index (κ1) is 12.7. The Bertz CT molecular complexity index is 261. The average Bonchev–Trinajstić information content (AvgIpc) is 2.55. The normalized spacial score (nSPS) is 26.8. The van der Waals surface area contributed by atoms with Crippen molar-refractivity contribution in [3.05, 3.63) is 11.9 Å². The van der Waals surface area contributed by atoms with Crippen LogP contribution in [0.5, 0.6) is 0 Å². The molecule has 0 spiro atoms. The molecule has 2 unspecified atom stereocenters. The van der Waals surface area contributed by atoms with Crippen LogP contribution in [-0.4, -0.2) is 52.2 Å². The Morgan fingerprint density at radius 1 is 1.60 bits per heavy atom. The Balaban J connectivity index is 2.64. The van der Waals surface area contributed by atoms with Crippen LogP contribution in [-0.2, 0) is 4.79 Å². The predicted molar refractivity (Wildman–Crippen MR) is 57.2 cm³/mol. The molecule has 1 rings (SSSR count). The van der Waals surface area contributed by atoms with Gasteiger partial charge in [-0.15, -0.1) is 0 Å². The molecule has 3 N–H and O–H groups in total. The number of rotatable bonds is 3. The van der Waals surface area contributed by atoms with Crippen molar-refractivity contribution in [2.24, 2.45) is 0 Å². The minimum Gasteiger partial charge on any atom is -0.391 e. The fourth-order valence-corrected chi connectivity index (χ4v) is 1.96. The third kappa shape index (κ3) is 3.57. The first-order chi connectivity index (χ1) is 7.04. The third-order valence-electron chi connectivity index (χ3n) is 2.26. The van der Waals surface area contributed by atoms with E-state index >= 15 is 0 Å². The summed E-state index contributed by atoms with van der Waals surface area (Å²) in [5.41, 5.74) is 0. The van der Waals surface area contributed by atoms with Crippen LogP contribution in [0.15, 0.2) is 11.9 Å². The van der Waals surface area contributed by atoms with Crippen molar-refractivity contribution in [3.8, 4) is 0 Å². The number of aliphatic hydroxyl groups excluding tert-OH is 1. The summed E-state index contributed by atoms with van der Waals surface area (Å²) in [5.74, 6) is 0.982. The molecule has 1 saturated heterocycles. The Morgan fingerprint density at radius 2 is 2.27 bits per heavy atom. The van der Waals surface area contributed by atoms with Gasteiger partial charge in [-0.05, 0) is 18.6 Å². The molecule has 2 radical (unpaired) electrons. The monoisotopic (exact) mass is 229 g/mol. The number of carbonyl (C=O) groups excluding carboxylic acids is 1. The SMILES string of the molecule is [B]CC(=O)N1CC(O)CC1/C=C/P(O)O. The highest BCUT2D eigenvalue weighted by Gasteiger charge is 2.31. The summed E-state index contributed by atoms with van der Waals surface area (Å²) in [5, 5.41) is 9.39. The van der Waals surface area contributed by atoms with E-state index in [1.165, 1.54) is 16.8 Å². The van der Waals surface area contributed by atoms with E-state index in [4.69, 9.17) is 17.6 Å². The van der Waals surface area contributed by atoms with Crippen LogP contribution in [0.2, 0.25) is 6.32 Å². The van der Waals surface area contributed by atoms with Gasteiger partial charge in [-0.2, -0.15) is 0 Å². The highest BCUT2D eigenvalue weighted by Crippen LogP contribution is 2.27. The summed E-state index contributed by atoms with van der Waals surface area (Å²) in [7, 11) is 3.12. The lowest BCUT2D eigenvalue weighted by Crippen LogP contribution is -2.34. The van der Waals surface area contributed by atoms with Crippen LogP contribution in [0.25, 0.3) is 0 Å². The molecule has 1 amide bonds. The second kappa shape index (κ2) is 5.61. The Morgan fingerprint density at radius 3 is 2.80 bits per heavy atom. The second-order valence-corrected chi connectivity index (χ2v) is 4.31. The zero-order chi connectivity index (χ0) is 11.4. The first-order valence-electron chi connectivity index (χ1n) is 4.57. The topological polar surface area (TPSA) is 81.0 Å². The van der Waals surface area contributed by atoms with Gasteiger partial charge < -0.3 is 19.8 Å².